The van der Waals surface area contributed by atoms with Crippen LogP contribution in [0.3, 0.4) is 0 Å². The van der Waals surface area contributed by atoms with Gasteiger partial charge < -0.3 is 4.52 Å². The molecule has 94 valence electrons. The summed E-state index contributed by atoms with van der Waals surface area (Å²) in [5.74, 6) is 0.460. The van der Waals surface area contributed by atoms with Gasteiger partial charge in [0.1, 0.15) is 11.6 Å². The number of anilines is 1. The smallest absolute Gasteiger partial charge is 0.143 e. The summed E-state index contributed by atoms with van der Waals surface area (Å²) < 4.78 is 17.8. The normalized spacial score (nSPS) is 11.7. The van der Waals surface area contributed by atoms with Crippen molar-refractivity contribution in [3.8, 4) is 0 Å². The van der Waals surface area contributed by atoms with E-state index < -0.39 is 0 Å². The fraction of sp³-hybridized carbons (Fsp3) is 0.231. The molecular formula is C13H14FN3O. The average Bonchev–Trinajstić information content (AvgIpc) is 2.68. The Morgan fingerprint density at radius 1 is 1.28 bits per heavy atom. The van der Waals surface area contributed by atoms with Gasteiger partial charge in [-0.15, -0.1) is 0 Å². The van der Waals surface area contributed by atoms with Gasteiger partial charge in [-0.2, -0.15) is 5.10 Å². The largest absolute Gasteiger partial charge is 0.361 e. The second-order valence-electron chi connectivity index (χ2n) is 4.02. The lowest BCUT2D eigenvalue weighted by Crippen LogP contribution is -2.02. The molecule has 1 N–H and O–H groups in total. The van der Waals surface area contributed by atoms with Crippen molar-refractivity contribution in [2.45, 2.75) is 20.8 Å². The zero-order chi connectivity index (χ0) is 13.1. The Labute approximate surface area is 104 Å². The highest BCUT2D eigenvalue weighted by Crippen LogP contribution is 2.14. The fourth-order valence-corrected chi connectivity index (χ4v) is 1.73. The van der Waals surface area contributed by atoms with E-state index in [1.807, 2.05) is 20.8 Å². The third kappa shape index (κ3) is 2.56. The lowest BCUT2D eigenvalue weighted by atomic mass is 10.1. The van der Waals surface area contributed by atoms with Gasteiger partial charge in [-0.05, 0) is 45.0 Å². The highest BCUT2D eigenvalue weighted by Gasteiger charge is 2.11. The molecule has 0 bridgehead atoms. The molecule has 0 spiro atoms. The van der Waals surface area contributed by atoms with Crippen molar-refractivity contribution in [3.63, 3.8) is 0 Å². The monoisotopic (exact) mass is 247 g/mol. The molecule has 18 heavy (non-hydrogen) atoms. The summed E-state index contributed by atoms with van der Waals surface area (Å²) in [6, 6.07) is 6.01. The maximum absolute atomic E-state index is 12.7. The Morgan fingerprint density at radius 3 is 2.50 bits per heavy atom. The SMILES string of the molecule is CC(=NNc1ccc(F)cc1)c1c(C)noc1C. The molecule has 0 aliphatic rings. The minimum absolute atomic E-state index is 0.271. The maximum Gasteiger partial charge on any atom is 0.143 e. The molecule has 0 amide bonds. The van der Waals surface area contributed by atoms with Crippen LogP contribution in [0.2, 0.25) is 0 Å². The first-order valence-corrected chi connectivity index (χ1v) is 5.57. The minimum atomic E-state index is -0.271. The minimum Gasteiger partial charge on any atom is -0.361 e. The fourth-order valence-electron chi connectivity index (χ4n) is 1.73. The second-order valence-corrected chi connectivity index (χ2v) is 4.02. The highest BCUT2D eigenvalue weighted by molar-refractivity contribution is 6.00. The van der Waals surface area contributed by atoms with Gasteiger partial charge in [0, 0.05) is 0 Å². The summed E-state index contributed by atoms with van der Waals surface area (Å²) in [7, 11) is 0. The van der Waals surface area contributed by atoms with E-state index in [9.17, 15) is 4.39 Å². The van der Waals surface area contributed by atoms with Crippen molar-refractivity contribution in [2.24, 2.45) is 5.10 Å². The Hall–Kier alpha value is -2.17. The summed E-state index contributed by atoms with van der Waals surface area (Å²) in [4.78, 5) is 0. The molecule has 4 nitrogen and oxygen atoms in total. The Balaban J connectivity index is 2.17. The van der Waals surface area contributed by atoms with Crippen LogP contribution in [0.5, 0.6) is 0 Å². The van der Waals surface area contributed by atoms with Gasteiger partial charge in [-0.25, -0.2) is 4.39 Å². The molecule has 0 fully saturated rings. The number of halogens is 1. The predicted molar refractivity (Wildman–Crippen MR) is 68.2 cm³/mol. The standard InChI is InChI=1S/C13H14FN3O/c1-8(13-9(2)17-18-10(13)3)15-16-12-6-4-11(14)5-7-12/h4-7,16H,1-3H3. The van der Waals surface area contributed by atoms with Crippen LogP contribution in [0.1, 0.15) is 23.9 Å². The highest BCUT2D eigenvalue weighted by atomic mass is 19.1. The first-order valence-electron chi connectivity index (χ1n) is 5.57. The molecular weight excluding hydrogens is 233 g/mol. The molecule has 0 saturated heterocycles. The third-order valence-electron chi connectivity index (χ3n) is 2.59. The van der Waals surface area contributed by atoms with Crippen LogP contribution in [-0.2, 0) is 0 Å². The molecule has 0 aliphatic heterocycles. The van der Waals surface area contributed by atoms with Gasteiger partial charge in [-0.1, -0.05) is 5.16 Å². The molecule has 0 aliphatic carbocycles. The number of aromatic nitrogens is 1. The molecule has 0 saturated carbocycles. The third-order valence-corrected chi connectivity index (χ3v) is 2.59. The molecule has 5 heteroatoms. The molecule has 2 aromatic rings. The number of benzene rings is 1. The van der Waals surface area contributed by atoms with Crippen molar-refractivity contribution < 1.29 is 8.91 Å². The molecule has 0 radical (unpaired) electrons. The first kappa shape index (κ1) is 12.3. The zero-order valence-corrected chi connectivity index (χ0v) is 10.5. The number of hydrazone groups is 1. The first-order chi connectivity index (χ1) is 8.58. The van der Waals surface area contributed by atoms with Gasteiger partial charge in [0.15, 0.2) is 0 Å². The van der Waals surface area contributed by atoms with Gasteiger partial charge in [0.25, 0.3) is 0 Å². The van der Waals surface area contributed by atoms with Crippen molar-refractivity contribution in [1.82, 2.24) is 5.16 Å². The number of hydrogen-bond acceptors (Lipinski definition) is 4. The van der Waals surface area contributed by atoms with E-state index in [4.69, 9.17) is 4.52 Å². The number of hydrogen-bond donors (Lipinski definition) is 1. The van der Waals surface area contributed by atoms with Crippen LogP contribution in [0.4, 0.5) is 10.1 Å². The van der Waals surface area contributed by atoms with E-state index in [0.717, 1.165) is 28.4 Å². The number of nitrogens with one attached hydrogen (secondary N) is 1. The van der Waals surface area contributed by atoms with E-state index in [1.54, 1.807) is 12.1 Å². The molecule has 1 aromatic heterocycles. The van der Waals surface area contributed by atoms with Gasteiger partial charge in [0.05, 0.1) is 22.7 Å². The number of rotatable bonds is 3. The second kappa shape index (κ2) is 5.00. The van der Waals surface area contributed by atoms with E-state index in [-0.39, 0.29) is 5.82 Å². The summed E-state index contributed by atoms with van der Waals surface area (Å²) in [5.41, 5.74) is 6.06. The Bertz CT molecular complexity index is 553. The zero-order valence-electron chi connectivity index (χ0n) is 10.5. The number of aryl methyl sites for hydroxylation is 2. The van der Waals surface area contributed by atoms with Crippen molar-refractivity contribution in [2.75, 3.05) is 5.43 Å². The van der Waals surface area contributed by atoms with Crippen molar-refractivity contribution >= 4 is 11.4 Å². The van der Waals surface area contributed by atoms with Crippen LogP contribution in [0.15, 0.2) is 33.9 Å². The lowest BCUT2D eigenvalue weighted by molar-refractivity contribution is 0.393. The van der Waals surface area contributed by atoms with Gasteiger partial charge >= 0.3 is 0 Å². The van der Waals surface area contributed by atoms with Crippen LogP contribution < -0.4 is 5.43 Å². The maximum atomic E-state index is 12.7. The number of nitrogens with zero attached hydrogens (tertiary/aromatic N) is 2. The van der Waals surface area contributed by atoms with Crippen LogP contribution >= 0.6 is 0 Å². The van der Waals surface area contributed by atoms with Gasteiger partial charge in [-0.3, -0.25) is 5.43 Å². The topological polar surface area (TPSA) is 50.4 Å². The van der Waals surface area contributed by atoms with E-state index in [1.165, 1.54) is 12.1 Å². The summed E-state index contributed by atoms with van der Waals surface area (Å²) in [5, 5.41) is 8.10. The van der Waals surface area contributed by atoms with Crippen LogP contribution in [0, 0.1) is 19.7 Å². The van der Waals surface area contributed by atoms with Crippen molar-refractivity contribution in [1.29, 1.82) is 0 Å². The molecule has 0 unspecified atom stereocenters. The molecule has 0 atom stereocenters. The average molecular weight is 247 g/mol. The van der Waals surface area contributed by atoms with Crippen molar-refractivity contribution in [3.05, 3.63) is 47.1 Å². The lowest BCUT2D eigenvalue weighted by Gasteiger charge is -2.02. The van der Waals surface area contributed by atoms with Gasteiger partial charge in [0.2, 0.25) is 0 Å². The quantitative estimate of drug-likeness (QED) is 0.669. The van der Waals surface area contributed by atoms with E-state index >= 15 is 0 Å². The van der Waals surface area contributed by atoms with Crippen LogP contribution in [0.25, 0.3) is 0 Å². The molecule has 1 aromatic carbocycles. The molecule has 2 rings (SSSR count). The summed E-state index contributed by atoms with van der Waals surface area (Å²) in [6.07, 6.45) is 0. The van der Waals surface area contributed by atoms with E-state index in [0.29, 0.717) is 0 Å². The Kier molecular flexibility index (Phi) is 3.41. The predicted octanol–water partition coefficient (Wildman–Crippen LogP) is 3.27. The summed E-state index contributed by atoms with van der Waals surface area (Å²) >= 11 is 0. The Morgan fingerprint density at radius 2 is 1.94 bits per heavy atom. The molecule has 1 heterocycles. The van der Waals surface area contributed by atoms with Crippen LogP contribution in [-0.4, -0.2) is 10.9 Å². The summed E-state index contributed by atoms with van der Waals surface area (Å²) in [6.45, 7) is 5.57. The van der Waals surface area contributed by atoms with E-state index in [2.05, 4.69) is 15.7 Å².